The van der Waals surface area contributed by atoms with Crippen LogP contribution in [-0.2, 0) is 0 Å². The number of ether oxygens (including phenoxy) is 1. The number of hydrogen-bond acceptors (Lipinski definition) is 7. The molecular formula is C27H20O7. The summed E-state index contributed by atoms with van der Waals surface area (Å²) in [4.78, 5) is 26.4. The third-order valence-electron chi connectivity index (χ3n) is 5.75. The Hall–Kier alpha value is -4.52. The molecule has 7 heteroatoms. The second-order valence-electron chi connectivity index (χ2n) is 7.70. The lowest BCUT2D eigenvalue weighted by molar-refractivity contribution is 0.335. The number of aromatic hydroxyl groups is 2. The molecule has 0 aliphatic rings. The van der Waals surface area contributed by atoms with Crippen LogP contribution in [-0.4, -0.2) is 16.8 Å². The average Bonchev–Trinajstić information content (AvgIpc) is 2.84. The van der Waals surface area contributed by atoms with Crippen LogP contribution in [0, 0.1) is 0 Å². The van der Waals surface area contributed by atoms with Gasteiger partial charge in [-0.05, 0) is 37.3 Å². The molecule has 0 bridgehead atoms. The largest absolute Gasteiger partial charge is 0.507 e. The molecule has 0 fully saturated rings. The molecule has 170 valence electrons. The van der Waals surface area contributed by atoms with E-state index in [-0.39, 0.29) is 33.8 Å². The summed E-state index contributed by atoms with van der Waals surface area (Å²) in [6.07, 6.45) is 0. The van der Waals surface area contributed by atoms with Crippen LogP contribution in [0.1, 0.15) is 29.5 Å². The van der Waals surface area contributed by atoms with E-state index in [1.54, 1.807) is 79.7 Å². The first kappa shape index (κ1) is 21.3. The summed E-state index contributed by atoms with van der Waals surface area (Å²) < 4.78 is 16.8. The average molecular weight is 456 g/mol. The van der Waals surface area contributed by atoms with Crippen LogP contribution >= 0.6 is 0 Å². The summed E-state index contributed by atoms with van der Waals surface area (Å²) in [6, 6.07) is 19.9. The first-order valence-electron chi connectivity index (χ1n) is 10.7. The van der Waals surface area contributed by atoms with E-state index in [0.717, 1.165) is 0 Å². The quantitative estimate of drug-likeness (QED) is 0.362. The minimum Gasteiger partial charge on any atom is -0.507 e. The van der Waals surface area contributed by atoms with Gasteiger partial charge in [-0.2, -0.15) is 0 Å². The Balaban J connectivity index is 1.93. The third-order valence-corrected chi connectivity index (χ3v) is 5.75. The molecule has 2 N–H and O–H groups in total. The highest BCUT2D eigenvalue weighted by atomic mass is 16.5. The van der Waals surface area contributed by atoms with Gasteiger partial charge < -0.3 is 23.8 Å². The van der Waals surface area contributed by atoms with Gasteiger partial charge in [0.1, 0.15) is 28.4 Å². The zero-order valence-electron chi connectivity index (χ0n) is 18.1. The van der Waals surface area contributed by atoms with Gasteiger partial charge >= 0.3 is 11.3 Å². The fourth-order valence-corrected chi connectivity index (χ4v) is 4.27. The van der Waals surface area contributed by atoms with E-state index in [1.807, 2.05) is 0 Å². The minimum absolute atomic E-state index is 0.195. The molecule has 3 aromatic carbocycles. The van der Waals surface area contributed by atoms with Gasteiger partial charge in [0.2, 0.25) is 0 Å². The predicted octanol–water partition coefficient (Wildman–Crippen LogP) is 4.89. The van der Waals surface area contributed by atoms with Gasteiger partial charge in [0.05, 0.1) is 34.4 Å². The van der Waals surface area contributed by atoms with Crippen molar-refractivity contribution in [2.45, 2.75) is 12.8 Å². The van der Waals surface area contributed by atoms with Crippen molar-refractivity contribution in [3.63, 3.8) is 0 Å². The lowest BCUT2D eigenvalue weighted by atomic mass is 9.84. The Kier molecular flexibility index (Phi) is 5.30. The first-order chi connectivity index (χ1) is 16.5. The Morgan fingerprint density at radius 1 is 0.735 bits per heavy atom. The molecule has 2 aromatic heterocycles. The van der Waals surface area contributed by atoms with Crippen molar-refractivity contribution in [2.24, 2.45) is 0 Å². The highest BCUT2D eigenvalue weighted by Crippen LogP contribution is 2.44. The van der Waals surface area contributed by atoms with E-state index in [4.69, 9.17) is 13.6 Å². The smallest absolute Gasteiger partial charge is 0.344 e. The van der Waals surface area contributed by atoms with Gasteiger partial charge in [0.25, 0.3) is 0 Å². The molecule has 0 aliphatic carbocycles. The number of benzene rings is 3. The van der Waals surface area contributed by atoms with Crippen molar-refractivity contribution in [1.82, 2.24) is 0 Å². The summed E-state index contributed by atoms with van der Waals surface area (Å²) in [5, 5.41) is 23.0. The molecule has 5 aromatic rings. The molecule has 0 saturated heterocycles. The summed E-state index contributed by atoms with van der Waals surface area (Å²) in [5.74, 6) is -1.55. The van der Waals surface area contributed by atoms with Crippen molar-refractivity contribution in [1.29, 1.82) is 0 Å². The fourth-order valence-electron chi connectivity index (χ4n) is 4.27. The number of hydrogen-bond donors (Lipinski definition) is 2. The fraction of sp³-hybridized carbons (Fsp3) is 0.111. The van der Waals surface area contributed by atoms with Crippen LogP contribution < -0.4 is 16.0 Å². The minimum atomic E-state index is -1.23. The molecule has 0 radical (unpaired) electrons. The van der Waals surface area contributed by atoms with Crippen molar-refractivity contribution in [3.8, 4) is 17.2 Å². The second kappa shape index (κ2) is 8.44. The number of fused-ring (bicyclic) bond motifs is 2. The number of rotatable bonds is 5. The first-order valence-corrected chi connectivity index (χ1v) is 10.7. The molecular weight excluding hydrogens is 436 g/mol. The highest BCUT2D eigenvalue weighted by molar-refractivity contribution is 5.87. The maximum Gasteiger partial charge on any atom is 0.344 e. The van der Waals surface area contributed by atoms with Gasteiger partial charge in [-0.15, -0.1) is 0 Å². The summed E-state index contributed by atoms with van der Waals surface area (Å²) in [5.41, 5.74) is -1.33. The topological polar surface area (TPSA) is 110 Å². The molecule has 0 atom stereocenters. The monoisotopic (exact) mass is 456 g/mol. The molecule has 0 amide bonds. The van der Waals surface area contributed by atoms with Crippen LogP contribution in [0.15, 0.2) is 91.2 Å². The van der Waals surface area contributed by atoms with Crippen molar-refractivity contribution < 1.29 is 23.8 Å². The molecule has 5 rings (SSSR count). The molecule has 0 saturated carbocycles. The lowest BCUT2D eigenvalue weighted by Crippen LogP contribution is -2.22. The summed E-state index contributed by atoms with van der Waals surface area (Å²) in [6.45, 7) is 2.12. The lowest BCUT2D eigenvalue weighted by Gasteiger charge is -2.22. The SMILES string of the molecule is CCOc1ccccc1C(c1c(O)c2ccccc2oc1=O)c1c(O)c2ccccc2oc1=O. The zero-order chi connectivity index (χ0) is 23.8. The molecule has 0 aliphatic heterocycles. The van der Waals surface area contributed by atoms with Gasteiger partial charge in [0, 0.05) is 5.56 Å². The molecule has 0 spiro atoms. The number of para-hydroxylation sites is 3. The van der Waals surface area contributed by atoms with Gasteiger partial charge in [-0.1, -0.05) is 42.5 Å². The Bertz CT molecular complexity index is 1550. The van der Waals surface area contributed by atoms with E-state index in [9.17, 15) is 19.8 Å². The summed E-state index contributed by atoms with van der Waals surface area (Å²) >= 11 is 0. The maximum absolute atomic E-state index is 13.2. The Morgan fingerprint density at radius 2 is 1.21 bits per heavy atom. The van der Waals surface area contributed by atoms with Crippen LogP contribution in [0.2, 0.25) is 0 Å². The van der Waals surface area contributed by atoms with Crippen molar-refractivity contribution in [3.05, 3.63) is 110 Å². The second-order valence-corrected chi connectivity index (χ2v) is 7.70. The van der Waals surface area contributed by atoms with Gasteiger partial charge in [-0.3, -0.25) is 0 Å². The van der Waals surface area contributed by atoms with Crippen LogP contribution in [0.25, 0.3) is 21.9 Å². The van der Waals surface area contributed by atoms with E-state index < -0.39 is 17.2 Å². The van der Waals surface area contributed by atoms with Crippen LogP contribution in [0.3, 0.4) is 0 Å². The molecule has 2 heterocycles. The Labute approximate surface area is 193 Å². The predicted molar refractivity (Wildman–Crippen MR) is 127 cm³/mol. The van der Waals surface area contributed by atoms with Crippen LogP contribution in [0.5, 0.6) is 17.2 Å². The van der Waals surface area contributed by atoms with E-state index in [0.29, 0.717) is 28.7 Å². The van der Waals surface area contributed by atoms with Gasteiger partial charge in [0.15, 0.2) is 0 Å². The molecule has 34 heavy (non-hydrogen) atoms. The summed E-state index contributed by atoms with van der Waals surface area (Å²) in [7, 11) is 0. The third kappa shape index (κ3) is 3.38. The highest BCUT2D eigenvalue weighted by Gasteiger charge is 2.34. The van der Waals surface area contributed by atoms with E-state index >= 15 is 0 Å². The van der Waals surface area contributed by atoms with Gasteiger partial charge in [-0.25, -0.2) is 9.59 Å². The normalized spacial score (nSPS) is 11.4. The Morgan fingerprint density at radius 3 is 1.74 bits per heavy atom. The van der Waals surface area contributed by atoms with Crippen molar-refractivity contribution >= 4 is 21.9 Å². The molecule has 7 nitrogen and oxygen atoms in total. The van der Waals surface area contributed by atoms with E-state index in [1.165, 1.54) is 0 Å². The standard InChI is InChI=1S/C27H20O7/c1-2-32-18-12-6-3-9-15(18)21(22-24(28)16-10-4-7-13-19(16)33-26(22)30)23-25(29)17-11-5-8-14-20(17)34-27(23)31/h3-14,21,28-29H,2H2,1H3. The molecule has 0 unspecified atom stereocenters. The van der Waals surface area contributed by atoms with E-state index in [2.05, 4.69) is 0 Å². The van der Waals surface area contributed by atoms with Crippen molar-refractivity contribution in [2.75, 3.05) is 6.61 Å². The maximum atomic E-state index is 13.2. The zero-order valence-corrected chi connectivity index (χ0v) is 18.1. The van der Waals surface area contributed by atoms with Crippen LogP contribution in [0.4, 0.5) is 0 Å².